The fourth-order valence-corrected chi connectivity index (χ4v) is 19.7. The maximum absolute atomic E-state index is 15.9. The number of allylic oxidation sites excluding steroid dienone is 2. The van der Waals surface area contributed by atoms with E-state index in [4.69, 9.17) is 71.1 Å². The monoisotopic (exact) mass is 1380 g/mol. The van der Waals surface area contributed by atoms with E-state index in [0.29, 0.717) is 51.4 Å². The van der Waals surface area contributed by atoms with Crippen LogP contribution in [0.5, 0.6) is 0 Å². The van der Waals surface area contributed by atoms with E-state index in [1.807, 2.05) is 27.7 Å². The smallest absolute Gasteiger partial charge is 0.317 e. The van der Waals surface area contributed by atoms with Crippen LogP contribution in [-0.2, 0) is 75.8 Å². The van der Waals surface area contributed by atoms with E-state index >= 15 is 4.79 Å². The van der Waals surface area contributed by atoms with Crippen molar-refractivity contribution < 1.29 is 137 Å². The molecule has 96 heavy (non-hydrogen) atoms. The van der Waals surface area contributed by atoms with Gasteiger partial charge in [-0.15, -0.1) is 0 Å². The Hall–Kier alpha value is -1.83. The van der Waals surface area contributed by atoms with E-state index in [1.54, 1.807) is 21.0 Å². The fourth-order valence-electron chi connectivity index (χ4n) is 19.7. The molecule has 28 heteroatoms. The summed E-state index contributed by atoms with van der Waals surface area (Å²) in [6, 6.07) is 0. The number of aliphatic hydroxyl groups is 12. The highest BCUT2D eigenvalue weighted by Gasteiger charge is 2.73. The van der Waals surface area contributed by atoms with Gasteiger partial charge in [0.1, 0.15) is 109 Å². The summed E-state index contributed by atoms with van der Waals surface area (Å²) in [7, 11) is 4.40. The normalized spacial score (nSPS) is 55.1. The maximum Gasteiger partial charge on any atom is 0.317 e. The zero-order valence-corrected chi connectivity index (χ0v) is 58.0. The molecule has 0 aromatic rings. The van der Waals surface area contributed by atoms with Crippen molar-refractivity contribution in [3.05, 3.63) is 11.6 Å². The number of ether oxygens (including phenoxy) is 15. The van der Waals surface area contributed by atoms with Gasteiger partial charge in [-0.1, -0.05) is 60.1 Å². The highest BCUT2D eigenvalue weighted by Crippen LogP contribution is 2.76. The van der Waals surface area contributed by atoms with Crippen molar-refractivity contribution in [2.24, 2.45) is 56.7 Å². The van der Waals surface area contributed by atoms with Gasteiger partial charge >= 0.3 is 5.97 Å². The molecule has 0 radical (unpaired) electrons. The summed E-state index contributed by atoms with van der Waals surface area (Å²) < 4.78 is 93.8. The molecule has 11 aliphatic rings. The molecule has 0 aromatic carbocycles. The largest absolute Gasteiger partial charge is 0.432 e. The lowest BCUT2D eigenvalue weighted by Crippen LogP contribution is -2.70. The lowest BCUT2D eigenvalue weighted by atomic mass is 9.34. The highest BCUT2D eigenvalue weighted by molar-refractivity contribution is 5.80. The Labute approximate surface area is 562 Å². The second-order valence-corrected chi connectivity index (χ2v) is 31.8. The molecule has 0 bridgehead atoms. The summed E-state index contributed by atoms with van der Waals surface area (Å²) in [6.07, 6.45) is -29.9. The molecular formula is C68H112O28. The summed E-state index contributed by atoms with van der Waals surface area (Å²) in [5.41, 5.74) is -2.98. The molecular weight excluding hydrogens is 1260 g/mol. The Bertz CT molecular complexity index is 2690. The van der Waals surface area contributed by atoms with Crippen LogP contribution in [0.3, 0.4) is 0 Å². The zero-order valence-electron chi connectivity index (χ0n) is 58.0. The third-order valence-electron chi connectivity index (χ3n) is 26.2. The van der Waals surface area contributed by atoms with Crippen LogP contribution < -0.4 is 0 Å². The lowest BCUT2D eigenvalue weighted by Gasteiger charge is -2.71. The third kappa shape index (κ3) is 12.6. The molecule has 38 atom stereocenters. The molecule has 552 valence electrons. The van der Waals surface area contributed by atoms with E-state index in [0.717, 1.165) is 5.57 Å². The first-order valence-corrected chi connectivity index (χ1v) is 34.9. The quantitative estimate of drug-likeness (QED) is 0.0557. The van der Waals surface area contributed by atoms with Gasteiger partial charge < -0.3 is 132 Å². The SMILES string of the molecule is COC1[C@H](O)C(OC2[C@H](OC(=O)C34CCC(C)(C)CC3C3=CCC5C6(C)CC[C@H](O[C@@H]7OC(C)[C@@H](O)[C@H](O[C@@H]8OC[C@@H](O)[C@H](O)C8O)C7O[C@@H]7OC(CO)[C@H](O)[C@H](O)C7O)C(C)(OC)[C@@H]6CCC5(C)[C@]3(C)C[C@@H]4O)OC(C)C(C)[C@@H]2C)OC(C)[C@@H]1O[C@@H]1OC[C@@H](O)[C@H](OC)C1O. The first-order valence-electron chi connectivity index (χ1n) is 34.9. The zero-order chi connectivity index (χ0) is 70.0. The fraction of sp³-hybridized carbons (Fsp3) is 0.956. The second-order valence-electron chi connectivity index (χ2n) is 31.8. The van der Waals surface area contributed by atoms with Crippen molar-refractivity contribution in [1.82, 2.24) is 0 Å². The number of esters is 1. The van der Waals surface area contributed by atoms with Crippen LogP contribution in [0, 0.1) is 56.7 Å². The molecule has 28 nitrogen and oxygen atoms in total. The Balaban J connectivity index is 0.845. The molecule has 4 saturated carbocycles. The molecule has 11 rings (SSSR count). The Morgan fingerprint density at radius 1 is 0.521 bits per heavy atom. The van der Waals surface area contributed by atoms with Crippen molar-refractivity contribution in [3.63, 3.8) is 0 Å². The van der Waals surface area contributed by atoms with Crippen molar-refractivity contribution in [2.45, 2.75) is 312 Å². The third-order valence-corrected chi connectivity index (χ3v) is 26.2. The number of fused-ring (bicyclic) bond motifs is 7. The molecule has 10 fully saturated rings. The average Bonchev–Trinajstić information content (AvgIpc) is 0.671. The van der Waals surface area contributed by atoms with Gasteiger partial charge in [-0.25, -0.2) is 0 Å². The van der Waals surface area contributed by atoms with Crippen molar-refractivity contribution in [2.75, 3.05) is 41.2 Å². The molecule has 12 N–H and O–H groups in total. The number of carbonyl (C=O) groups is 1. The minimum Gasteiger partial charge on any atom is -0.432 e. The van der Waals surface area contributed by atoms with Gasteiger partial charge in [-0.05, 0) is 137 Å². The lowest BCUT2D eigenvalue weighted by molar-refractivity contribution is -0.396. The summed E-state index contributed by atoms with van der Waals surface area (Å²) >= 11 is 0. The van der Waals surface area contributed by atoms with Crippen molar-refractivity contribution >= 4 is 5.97 Å². The van der Waals surface area contributed by atoms with Crippen molar-refractivity contribution in [1.29, 1.82) is 0 Å². The summed E-state index contributed by atoms with van der Waals surface area (Å²) in [6.45, 7) is 21.2. The number of aliphatic hydroxyl groups excluding tert-OH is 12. The molecule has 0 amide bonds. The van der Waals surface area contributed by atoms with Gasteiger partial charge in [0.2, 0.25) is 6.29 Å². The van der Waals surface area contributed by atoms with Gasteiger partial charge in [-0.3, -0.25) is 4.79 Å². The second kappa shape index (κ2) is 28.3. The van der Waals surface area contributed by atoms with E-state index < -0.39 is 224 Å². The molecule has 6 saturated heterocycles. The van der Waals surface area contributed by atoms with Crippen LogP contribution in [0.15, 0.2) is 11.6 Å². The van der Waals surface area contributed by atoms with Crippen LogP contribution in [0.4, 0.5) is 0 Å². The highest BCUT2D eigenvalue weighted by atomic mass is 16.8. The van der Waals surface area contributed by atoms with Gasteiger partial charge in [0, 0.05) is 21.3 Å². The van der Waals surface area contributed by atoms with E-state index in [1.165, 1.54) is 14.2 Å². The van der Waals surface area contributed by atoms with Gasteiger partial charge in [0.05, 0.1) is 55.9 Å². The molecule has 6 aliphatic heterocycles. The van der Waals surface area contributed by atoms with E-state index in [9.17, 15) is 61.3 Å². The van der Waals surface area contributed by atoms with Gasteiger partial charge in [0.15, 0.2) is 31.5 Å². The number of methoxy groups -OCH3 is 3. The summed E-state index contributed by atoms with van der Waals surface area (Å²) in [4.78, 5) is 15.9. The van der Waals surface area contributed by atoms with Crippen LogP contribution >= 0.6 is 0 Å². The van der Waals surface area contributed by atoms with Crippen LogP contribution in [0.2, 0.25) is 0 Å². The summed E-state index contributed by atoms with van der Waals surface area (Å²) in [5.74, 6) is -1.57. The molecule has 0 aromatic heterocycles. The Morgan fingerprint density at radius 3 is 1.78 bits per heavy atom. The maximum atomic E-state index is 15.9. The minimum absolute atomic E-state index is 0.0236. The Morgan fingerprint density at radius 2 is 1.11 bits per heavy atom. The molecule has 0 spiro atoms. The average molecular weight is 1380 g/mol. The van der Waals surface area contributed by atoms with Crippen LogP contribution in [-0.4, -0.2) is 286 Å². The van der Waals surface area contributed by atoms with E-state index in [-0.39, 0.29) is 42.1 Å². The standard InChI is InChI=1S/C68H112O28/c1-28-29(2)50(92-59-49(80)53(83-13)51(32(5)89-59)93-57-48(79)52(82-12)36(71)27-86-57)60(87-30(28)3)96-62(81)68-22-21-63(6,7)23-34(68)33-15-16-38-64(8)19-18-41(67(11,84-14)39(64)17-20-65(38,9)66(33,10)24-40(68)72)91-61-55(95-58-47(78)45(76)44(75)37(25-69)90-58)54(42(73)31(4)88-61)94-56-46(77)43(74)35(70)26-85-56/h15,28-32,34-61,69-80H,16-27H2,1-14H3/t28?,29-,30?,31?,32?,34?,35+,36+,37?,38?,39+,40-,41-,42+,43-,44-,45-,46?,47?,48?,49-,50?,51-,52-,53?,54-,55?,56-,57-,58-,59?,60-,61-,64?,65?,66+,67?,68?/m0/s1. The van der Waals surface area contributed by atoms with Gasteiger partial charge in [-0.2, -0.15) is 0 Å². The molecule has 6 heterocycles. The number of carbonyl (C=O) groups excluding carboxylic acids is 1. The predicted molar refractivity (Wildman–Crippen MR) is 331 cm³/mol. The Kier molecular flexibility index (Phi) is 22.2. The molecule has 5 aliphatic carbocycles. The van der Waals surface area contributed by atoms with Crippen LogP contribution in [0.25, 0.3) is 0 Å². The van der Waals surface area contributed by atoms with E-state index in [2.05, 4.69) is 40.7 Å². The number of hydrogen-bond donors (Lipinski definition) is 12. The van der Waals surface area contributed by atoms with Gasteiger partial charge in [0.25, 0.3) is 0 Å². The van der Waals surface area contributed by atoms with Crippen molar-refractivity contribution in [3.8, 4) is 0 Å². The molecule has 18 unspecified atom stereocenters. The number of hydrogen-bond acceptors (Lipinski definition) is 28. The number of rotatable bonds is 16. The van der Waals surface area contributed by atoms with Crippen LogP contribution in [0.1, 0.15) is 134 Å². The minimum atomic E-state index is -1.89. The first-order chi connectivity index (χ1) is 45.1. The summed E-state index contributed by atoms with van der Waals surface area (Å²) in [5, 5.41) is 133. The topological polar surface area (TPSA) is 398 Å². The predicted octanol–water partition coefficient (Wildman–Crippen LogP) is 0.182. The first kappa shape index (κ1) is 75.3.